The molecule has 0 unspecified atom stereocenters. The molecule has 0 spiro atoms. The van der Waals surface area contributed by atoms with Crippen LogP contribution >= 0.6 is 0 Å². The van der Waals surface area contributed by atoms with Gasteiger partial charge < -0.3 is 14.8 Å². The van der Waals surface area contributed by atoms with E-state index >= 15 is 0 Å². The normalized spacial score (nSPS) is 12.2. The Kier molecular flexibility index (Phi) is 5.31. The number of halogens is 1. The zero-order chi connectivity index (χ0) is 16.8. The average Bonchev–Trinajstić information content (AvgIpc) is 3.04. The third-order valence-corrected chi connectivity index (χ3v) is 3.96. The van der Waals surface area contributed by atoms with E-state index in [0.717, 1.165) is 41.9 Å². The predicted octanol–water partition coefficient (Wildman–Crippen LogP) is 3.24. The smallest absolute Gasteiger partial charge is 0.231 e. The van der Waals surface area contributed by atoms with Crippen LogP contribution in [0, 0.1) is 5.82 Å². The first-order chi connectivity index (χ1) is 11.7. The lowest BCUT2D eigenvalue weighted by molar-refractivity contribution is -0.121. The fourth-order valence-electron chi connectivity index (χ4n) is 2.64. The predicted molar refractivity (Wildman–Crippen MR) is 88.6 cm³/mol. The molecule has 0 saturated heterocycles. The summed E-state index contributed by atoms with van der Waals surface area (Å²) in [5.41, 5.74) is 2.15. The molecule has 0 atom stereocenters. The minimum absolute atomic E-state index is 0.0397. The number of ether oxygens (including phenoxy) is 2. The van der Waals surface area contributed by atoms with Gasteiger partial charge >= 0.3 is 0 Å². The van der Waals surface area contributed by atoms with Gasteiger partial charge in [0.1, 0.15) is 5.82 Å². The van der Waals surface area contributed by atoms with Crippen LogP contribution in [-0.4, -0.2) is 19.2 Å². The molecule has 0 fully saturated rings. The van der Waals surface area contributed by atoms with E-state index in [4.69, 9.17) is 9.47 Å². The number of aryl methyl sites for hydroxylation is 1. The topological polar surface area (TPSA) is 47.6 Å². The molecule has 2 aromatic rings. The van der Waals surface area contributed by atoms with Gasteiger partial charge in [0.05, 0.1) is 0 Å². The number of benzene rings is 2. The molecule has 1 aliphatic rings. The van der Waals surface area contributed by atoms with Gasteiger partial charge in [0.25, 0.3) is 0 Å². The van der Waals surface area contributed by atoms with E-state index in [-0.39, 0.29) is 18.5 Å². The summed E-state index contributed by atoms with van der Waals surface area (Å²) in [5.74, 6) is 1.33. The summed E-state index contributed by atoms with van der Waals surface area (Å²) in [7, 11) is 0. The fraction of sp³-hybridized carbons (Fsp3) is 0.316. The van der Waals surface area contributed by atoms with Crippen molar-refractivity contribution in [3.63, 3.8) is 0 Å². The lowest BCUT2D eigenvalue weighted by atomic mass is 10.1. The Balaban J connectivity index is 1.34. The van der Waals surface area contributed by atoms with Gasteiger partial charge in [0.2, 0.25) is 12.7 Å². The molecular formula is C19H20FNO3. The summed E-state index contributed by atoms with van der Waals surface area (Å²) in [4.78, 5) is 11.8. The second-order valence-corrected chi connectivity index (χ2v) is 5.77. The number of rotatable bonds is 7. The van der Waals surface area contributed by atoms with Gasteiger partial charge in [-0.1, -0.05) is 18.2 Å². The third kappa shape index (κ3) is 4.47. The average molecular weight is 329 g/mol. The van der Waals surface area contributed by atoms with Crippen LogP contribution in [0.1, 0.15) is 24.0 Å². The molecule has 0 saturated carbocycles. The summed E-state index contributed by atoms with van der Waals surface area (Å²) in [5, 5.41) is 2.92. The van der Waals surface area contributed by atoms with E-state index < -0.39 is 0 Å². The van der Waals surface area contributed by atoms with Crippen molar-refractivity contribution >= 4 is 5.91 Å². The summed E-state index contributed by atoms with van der Waals surface area (Å²) < 4.78 is 23.4. The highest BCUT2D eigenvalue weighted by atomic mass is 19.1. The van der Waals surface area contributed by atoms with Gasteiger partial charge in [-0.05, 0) is 54.7 Å². The van der Waals surface area contributed by atoms with Crippen LogP contribution in [0.5, 0.6) is 11.5 Å². The van der Waals surface area contributed by atoms with Gasteiger partial charge in [0, 0.05) is 13.0 Å². The quantitative estimate of drug-likeness (QED) is 0.848. The van der Waals surface area contributed by atoms with Crippen molar-refractivity contribution in [1.82, 2.24) is 5.32 Å². The van der Waals surface area contributed by atoms with Crippen molar-refractivity contribution in [2.24, 2.45) is 0 Å². The molecule has 0 radical (unpaired) electrons. The van der Waals surface area contributed by atoms with Crippen molar-refractivity contribution in [2.45, 2.75) is 25.7 Å². The Morgan fingerprint density at radius 2 is 1.75 bits per heavy atom. The molecule has 3 rings (SSSR count). The number of carbonyl (C=O) groups excluding carboxylic acids is 1. The Hall–Kier alpha value is -2.56. The Labute approximate surface area is 140 Å². The van der Waals surface area contributed by atoms with Crippen molar-refractivity contribution in [3.8, 4) is 11.5 Å². The van der Waals surface area contributed by atoms with Crippen LogP contribution in [0.3, 0.4) is 0 Å². The van der Waals surface area contributed by atoms with E-state index in [0.29, 0.717) is 13.0 Å². The van der Waals surface area contributed by atoms with Gasteiger partial charge in [-0.2, -0.15) is 0 Å². The number of carbonyl (C=O) groups is 1. The van der Waals surface area contributed by atoms with Crippen LogP contribution in [0.2, 0.25) is 0 Å². The number of fused-ring (bicyclic) bond motifs is 1. The molecule has 24 heavy (non-hydrogen) atoms. The highest BCUT2D eigenvalue weighted by Gasteiger charge is 2.13. The Morgan fingerprint density at radius 3 is 2.58 bits per heavy atom. The maximum Gasteiger partial charge on any atom is 0.231 e. The van der Waals surface area contributed by atoms with Gasteiger partial charge in [0.15, 0.2) is 11.5 Å². The summed E-state index contributed by atoms with van der Waals surface area (Å²) >= 11 is 0. The van der Waals surface area contributed by atoms with Crippen LogP contribution in [0.4, 0.5) is 4.39 Å². The maximum absolute atomic E-state index is 12.8. The second kappa shape index (κ2) is 7.81. The summed E-state index contributed by atoms with van der Waals surface area (Å²) in [6.07, 6.45) is 2.75. The van der Waals surface area contributed by atoms with Crippen molar-refractivity contribution in [2.75, 3.05) is 13.3 Å². The first-order valence-corrected chi connectivity index (χ1v) is 8.10. The molecule has 1 N–H and O–H groups in total. The summed E-state index contributed by atoms with van der Waals surface area (Å²) in [6, 6.07) is 12.2. The van der Waals surface area contributed by atoms with Crippen LogP contribution in [-0.2, 0) is 17.6 Å². The SMILES string of the molecule is O=C(CCCc1ccc(F)cc1)NCCc1ccc2c(c1)OCO2. The van der Waals surface area contributed by atoms with Crippen molar-refractivity contribution in [3.05, 3.63) is 59.4 Å². The molecule has 1 amide bonds. The van der Waals surface area contributed by atoms with Crippen LogP contribution in [0.25, 0.3) is 0 Å². The molecule has 4 nitrogen and oxygen atoms in total. The zero-order valence-electron chi connectivity index (χ0n) is 13.4. The molecule has 1 aliphatic heterocycles. The fourth-order valence-corrected chi connectivity index (χ4v) is 2.64. The Bertz CT molecular complexity index is 700. The van der Waals surface area contributed by atoms with E-state index in [1.54, 1.807) is 12.1 Å². The Morgan fingerprint density at radius 1 is 1.00 bits per heavy atom. The van der Waals surface area contributed by atoms with E-state index in [1.165, 1.54) is 12.1 Å². The van der Waals surface area contributed by atoms with Crippen LogP contribution in [0.15, 0.2) is 42.5 Å². The molecule has 2 aromatic carbocycles. The monoisotopic (exact) mass is 329 g/mol. The lowest BCUT2D eigenvalue weighted by Gasteiger charge is -2.06. The minimum atomic E-state index is -0.236. The first kappa shape index (κ1) is 16.3. The first-order valence-electron chi connectivity index (χ1n) is 8.10. The summed E-state index contributed by atoms with van der Waals surface area (Å²) in [6.45, 7) is 0.860. The lowest BCUT2D eigenvalue weighted by Crippen LogP contribution is -2.25. The van der Waals surface area contributed by atoms with E-state index in [1.807, 2.05) is 18.2 Å². The molecule has 126 valence electrons. The molecule has 0 aromatic heterocycles. The largest absolute Gasteiger partial charge is 0.454 e. The van der Waals surface area contributed by atoms with Crippen LogP contribution < -0.4 is 14.8 Å². The number of nitrogens with one attached hydrogen (secondary N) is 1. The molecule has 1 heterocycles. The van der Waals surface area contributed by atoms with Gasteiger partial charge in [-0.3, -0.25) is 4.79 Å². The standard InChI is InChI=1S/C19H20FNO3/c20-16-7-4-14(5-8-16)2-1-3-19(22)21-11-10-15-6-9-17-18(12-15)24-13-23-17/h4-9,12H,1-3,10-11,13H2,(H,21,22). The van der Waals surface area contributed by atoms with E-state index in [2.05, 4.69) is 5.32 Å². The number of hydrogen-bond donors (Lipinski definition) is 1. The zero-order valence-corrected chi connectivity index (χ0v) is 13.4. The van der Waals surface area contributed by atoms with Crippen molar-refractivity contribution < 1.29 is 18.7 Å². The number of amides is 1. The third-order valence-electron chi connectivity index (χ3n) is 3.96. The molecule has 0 aliphatic carbocycles. The van der Waals surface area contributed by atoms with Gasteiger partial charge in [-0.15, -0.1) is 0 Å². The second-order valence-electron chi connectivity index (χ2n) is 5.77. The number of hydrogen-bond acceptors (Lipinski definition) is 3. The molecule has 0 bridgehead atoms. The van der Waals surface area contributed by atoms with E-state index in [9.17, 15) is 9.18 Å². The van der Waals surface area contributed by atoms with Crippen molar-refractivity contribution in [1.29, 1.82) is 0 Å². The molecular weight excluding hydrogens is 309 g/mol. The highest BCUT2D eigenvalue weighted by molar-refractivity contribution is 5.75. The maximum atomic E-state index is 12.8. The molecule has 5 heteroatoms. The highest BCUT2D eigenvalue weighted by Crippen LogP contribution is 2.32. The van der Waals surface area contributed by atoms with Gasteiger partial charge in [-0.25, -0.2) is 4.39 Å². The minimum Gasteiger partial charge on any atom is -0.454 e.